The van der Waals surface area contributed by atoms with Crippen molar-refractivity contribution in [2.75, 3.05) is 18.0 Å². The van der Waals surface area contributed by atoms with Gasteiger partial charge in [0.05, 0.1) is 5.69 Å². The summed E-state index contributed by atoms with van der Waals surface area (Å²) in [6, 6.07) is 0.981. The van der Waals surface area contributed by atoms with Gasteiger partial charge in [-0.05, 0) is 45.6 Å². The van der Waals surface area contributed by atoms with E-state index in [0.717, 1.165) is 19.0 Å². The Morgan fingerprint density at radius 1 is 1.53 bits per heavy atom. The molecule has 1 N–H and O–H groups in total. The predicted octanol–water partition coefficient (Wildman–Crippen LogP) is 3.83. The zero-order valence-corrected chi connectivity index (χ0v) is 13.5. The fraction of sp³-hybridized carbons (Fsp3) is 0.800. The van der Waals surface area contributed by atoms with E-state index >= 15 is 0 Å². The molecule has 3 nitrogen and oxygen atoms in total. The Bertz CT molecular complexity index is 390. The minimum Gasteiger partial charge on any atom is -0.345 e. The fourth-order valence-electron chi connectivity index (χ4n) is 2.68. The van der Waals surface area contributed by atoms with Crippen LogP contribution in [-0.2, 0) is 0 Å². The normalized spacial score (nSPS) is 25.6. The second-order valence-corrected chi connectivity index (χ2v) is 6.62. The zero-order chi connectivity index (χ0) is 13.8. The topological polar surface area (TPSA) is 28.2 Å². The third-order valence-corrected chi connectivity index (χ3v) is 5.17. The summed E-state index contributed by atoms with van der Waals surface area (Å²) in [5.41, 5.74) is 1.19. The van der Waals surface area contributed by atoms with E-state index in [0.29, 0.717) is 12.1 Å². The molecule has 1 aromatic heterocycles. The van der Waals surface area contributed by atoms with Crippen molar-refractivity contribution >= 4 is 16.5 Å². The lowest BCUT2D eigenvalue weighted by molar-refractivity contribution is 0.363. The van der Waals surface area contributed by atoms with Gasteiger partial charge in [-0.2, -0.15) is 0 Å². The van der Waals surface area contributed by atoms with Gasteiger partial charge in [-0.3, -0.25) is 0 Å². The van der Waals surface area contributed by atoms with Crippen molar-refractivity contribution in [1.29, 1.82) is 0 Å². The van der Waals surface area contributed by atoms with E-state index in [2.05, 4.69) is 43.3 Å². The van der Waals surface area contributed by atoms with Crippen LogP contribution in [0.25, 0.3) is 0 Å². The molecule has 4 heteroatoms. The van der Waals surface area contributed by atoms with Gasteiger partial charge in [-0.1, -0.05) is 13.8 Å². The maximum absolute atomic E-state index is 4.85. The van der Waals surface area contributed by atoms with Crippen molar-refractivity contribution in [3.63, 3.8) is 0 Å². The van der Waals surface area contributed by atoms with Crippen LogP contribution in [0, 0.1) is 5.92 Å². The van der Waals surface area contributed by atoms with Crippen molar-refractivity contribution in [2.45, 2.75) is 59.0 Å². The van der Waals surface area contributed by atoms with Gasteiger partial charge >= 0.3 is 0 Å². The van der Waals surface area contributed by atoms with Gasteiger partial charge in [0, 0.05) is 24.0 Å². The van der Waals surface area contributed by atoms with Crippen LogP contribution in [0.4, 0.5) is 5.13 Å². The number of nitrogens with zero attached hydrogens (tertiary/aromatic N) is 2. The van der Waals surface area contributed by atoms with E-state index in [1.54, 1.807) is 11.3 Å². The van der Waals surface area contributed by atoms with Crippen LogP contribution in [0.15, 0.2) is 5.38 Å². The average Bonchev–Trinajstić information content (AvgIpc) is 2.88. The van der Waals surface area contributed by atoms with Crippen LogP contribution in [0.1, 0.15) is 58.7 Å². The molecule has 2 heterocycles. The maximum atomic E-state index is 4.85. The molecule has 1 saturated heterocycles. The lowest BCUT2D eigenvalue weighted by atomic mass is 9.93. The number of thiazole rings is 1. The first-order valence-corrected chi connectivity index (χ1v) is 8.47. The predicted molar refractivity (Wildman–Crippen MR) is 84.0 cm³/mol. The molecule has 1 aromatic rings. The van der Waals surface area contributed by atoms with Crippen LogP contribution < -0.4 is 10.2 Å². The molecule has 0 bridgehead atoms. The molecular formula is C15H27N3S. The summed E-state index contributed by atoms with van der Waals surface area (Å²) in [5.74, 6) is 0.775. The maximum Gasteiger partial charge on any atom is 0.185 e. The highest BCUT2D eigenvalue weighted by atomic mass is 32.1. The van der Waals surface area contributed by atoms with Gasteiger partial charge in [0.25, 0.3) is 0 Å². The highest BCUT2D eigenvalue weighted by Crippen LogP contribution is 2.31. The summed E-state index contributed by atoms with van der Waals surface area (Å²) < 4.78 is 0. The Balaban J connectivity index is 2.03. The van der Waals surface area contributed by atoms with Crippen LogP contribution in [0.2, 0.25) is 0 Å². The minimum absolute atomic E-state index is 0.363. The summed E-state index contributed by atoms with van der Waals surface area (Å²) in [6.07, 6.45) is 3.82. The summed E-state index contributed by atoms with van der Waals surface area (Å²) in [5, 5.41) is 6.93. The lowest BCUT2D eigenvalue weighted by Crippen LogP contribution is -2.42. The number of rotatable bonds is 5. The van der Waals surface area contributed by atoms with Crippen LogP contribution >= 0.6 is 11.3 Å². The summed E-state index contributed by atoms with van der Waals surface area (Å²) in [4.78, 5) is 7.35. The van der Waals surface area contributed by atoms with Crippen molar-refractivity contribution in [1.82, 2.24) is 10.3 Å². The molecular weight excluding hydrogens is 254 g/mol. The molecule has 108 valence electrons. The first-order chi connectivity index (χ1) is 9.13. The first kappa shape index (κ1) is 14.8. The van der Waals surface area contributed by atoms with Crippen molar-refractivity contribution in [3.05, 3.63) is 11.1 Å². The van der Waals surface area contributed by atoms with Gasteiger partial charge < -0.3 is 10.2 Å². The molecule has 1 aliphatic rings. The summed E-state index contributed by atoms with van der Waals surface area (Å²) in [6.45, 7) is 11.3. The van der Waals surface area contributed by atoms with Gasteiger partial charge in [0.2, 0.25) is 0 Å². The SMILES string of the molecule is CCCNC(C)c1csc(N2CCCC(C)C2C)n1. The number of nitrogens with one attached hydrogen (secondary N) is 1. The number of hydrogen-bond acceptors (Lipinski definition) is 4. The molecule has 0 aliphatic carbocycles. The van der Waals surface area contributed by atoms with Gasteiger partial charge in [0.1, 0.15) is 0 Å². The highest BCUT2D eigenvalue weighted by molar-refractivity contribution is 7.13. The van der Waals surface area contributed by atoms with Gasteiger partial charge in [0.15, 0.2) is 5.13 Å². The first-order valence-electron chi connectivity index (χ1n) is 7.59. The van der Waals surface area contributed by atoms with Crippen LogP contribution in [0.5, 0.6) is 0 Å². The van der Waals surface area contributed by atoms with Crippen molar-refractivity contribution in [2.24, 2.45) is 5.92 Å². The number of piperidine rings is 1. The molecule has 0 radical (unpaired) electrons. The monoisotopic (exact) mass is 281 g/mol. The molecule has 19 heavy (non-hydrogen) atoms. The molecule has 3 unspecified atom stereocenters. The summed E-state index contributed by atoms with van der Waals surface area (Å²) in [7, 11) is 0. The molecule has 3 atom stereocenters. The zero-order valence-electron chi connectivity index (χ0n) is 12.6. The Morgan fingerprint density at radius 3 is 3.05 bits per heavy atom. The Labute approximate surface area is 121 Å². The minimum atomic E-state index is 0.363. The van der Waals surface area contributed by atoms with Gasteiger partial charge in [-0.15, -0.1) is 11.3 Å². The Hall–Kier alpha value is -0.610. The van der Waals surface area contributed by atoms with E-state index in [4.69, 9.17) is 4.98 Å². The third kappa shape index (κ3) is 3.48. The van der Waals surface area contributed by atoms with Crippen LogP contribution in [0.3, 0.4) is 0 Å². The second-order valence-electron chi connectivity index (χ2n) is 5.78. The molecule has 0 amide bonds. The van der Waals surface area contributed by atoms with E-state index in [-0.39, 0.29) is 0 Å². The molecule has 0 spiro atoms. The standard InChI is InChI=1S/C15H27N3S/c1-5-8-16-12(3)14-10-19-15(17-14)18-9-6-7-11(2)13(18)4/h10-13,16H,5-9H2,1-4H3. The molecule has 1 aliphatic heterocycles. The molecule has 1 fully saturated rings. The largest absolute Gasteiger partial charge is 0.345 e. The smallest absolute Gasteiger partial charge is 0.185 e. The quantitative estimate of drug-likeness (QED) is 0.889. The Morgan fingerprint density at radius 2 is 2.32 bits per heavy atom. The van der Waals surface area contributed by atoms with E-state index in [1.165, 1.54) is 30.1 Å². The van der Waals surface area contributed by atoms with E-state index < -0.39 is 0 Å². The van der Waals surface area contributed by atoms with Crippen molar-refractivity contribution in [3.8, 4) is 0 Å². The van der Waals surface area contributed by atoms with Crippen LogP contribution in [-0.4, -0.2) is 24.1 Å². The average molecular weight is 281 g/mol. The van der Waals surface area contributed by atoms with E-state index in [9.17, 15) is 0 Å². The third-order valence-electron chi connectivity index (χ3n) is 4.27. The number of anilines is 1. The molecule has 2 rings (SSSR count). The second kappa shape index (κ2) is 6.71. The highest BCUT2D eigenvalue weighted by Gasteiger charge is 2.26. The fourth-order valence-corrected chi connectivity index (χ4v) is 3.71. The Kier molecular flexibility index (Phi) is 5.22. The van der Waals surface area contributed by atoms with Gasteiger partial charge in [-0.25, -0.2) is 4.98 Å². The van der Waals surface area contributed by atoms with E-state index in [1.807, 2.05) is 0 Å². The molecule has 0 aromatic carbocycles. The molecule has 0 saturated carbocycles. The lowest BCUT2D eigenvalue weighted by Gasteiger charge is -2.37. The number of aromatic nitrogens is 1. The number of hydrogen-bond donors (Lipinski definition) is 1. The summed E-state index contributed by atoms with van der Waals surface area (Å²) >= 11 is 1.80. The van der Waals surface area contributed by atoms with Crippen molar-refractivity contribution < 1.29 is 0 Å².